The van der Waals surface area contributed by atoms with E-state index < -0.39 is 12.4 Å². The van der Waals surface area contributed by atoms with E-state index in [1.165, 1.54) is 19.3 Å². The van der Waals surface area contributed by atoms with Gasteiger partial charge in [-0.15, -0.1) is 13.2 Å². The number of ketones is 1. The first kappa shape index (κ1) is 19.7. The van der Waals surface area contributed by atoms with Crippen LogP contribution in [-0.4, -0.2) is 36.9 Å². The summed E-state index contributed by atoms with van der Waals surface area (Å²) in [5.41, 5.74) is 1.73. The fourth-order valence-corrected chi connectivity index (χ4v) is 2.66. The lowest BCUT2D eigenvalue weighted by molar-refractivity contribution is -0.277. The van der Waals surface area contributed by atoms with Crippen molar-refractivity contribution >= 4 is 16.7 Å². The highest BCUT2D eigenvalue weighted by molar-refractivity contribution is 6.05. The van der Waals surface area contributed by atoms with Crippen LogP contribution in [0.25, 0.3) is 22.2 Å². The summed E-state index contributed by atoms with van der Waals surface area (Å²) in [6, 6.07) is 0.848. The number of pyridine rings is 1. The summed E-state index contributed by atoms with van der Waals surface area (Å²) in [6.07, 6.45) is -0.933. The smallest absolute Gasteiger partial charge is 0.371 e. The van der Waals surface area contributed by atoms with Crippen LogP contribution >= 0.6 is 0 Å². The molecule has 148 valence electrons. The number of rotatable bonds is 4. The largest absolute Gasteiger partial charge is 0.575 e. The molecule has 0 unspecified atom stereocenters. The van der Waals surface area contributed by atoms with Crippen molar-refractivity contribution in [1.29, 1.82) is 0 Å². The van der Waals surface area contributed by atoms with E-state index in [2.05, 4.69) is 45.6 Å². The number of alkyl halides is 3. The maximum atomic E-state index is 12.2. The number of fused-ring (bicyclic) bond motifs is 1. The lowest BCUT2D eigenvalue weighted by Gasteiger charge is -2.18. The Balaban J connectivity index is 2.02. The quantitative estimate of drug-likeness (QED) is 0.622. The molecule has 0 fully saturated rings. The molecule has 0 bridgehead atoms. The number of Topliss-reactive ketones (excluding diaryl/α,β-unsaturated/α-hetero) is 1. The second-order valence-electron chi connectivity index (χ2n) is 7.51. The maximum absolute atomic E-state index is 12.2. The molecule has 0 saturated carbocycles. The van der Waals surface area contributed by atoms with Gasteiger partial charge in [0.2, 0.25) is 0 Å². The van der Waals surface area contributed by atoms with E-state index in [4.69, 9.17) is 0 Å². The zero-order chi connectivity index (χ0) is 20.7. The third-order valence-electron chi connectivity index (χ3n) is 3.73. The van der Waals surface area contributed by atoms with Crippen LogP contribution in [0, 0.1) is 5.41 Å². The molecular weight excluding hydrogens is 375 g/mol. The van der Waals surface area contributed by atoms with E-state index in [-0.39, 0.29) is 11.2 Å². The van der Waals surface area contributed by atoms with Crippen molar-refractivity contribution in [2.75, 3.05) is 0 Å². The van der Waals surface area contributed by atoms with Gasteiger partial charge in [0.05, 0.1) is 17.4 Å². The minimum Gasteiger partial charge on any atom is -0.371 e. The predicted molar refractivity (Wildman–Crippen MR) is 94.7 cm³/mol. The van der Waals surface area contributed by atoms with Crippen LogP contribution in [0.2, 0.25) is 0 Å². The predicted octanol–water partition coefficient (Wildman–Crippen LogP) is 4.04. The molecule has 0 N–H and O–H groups in total. The lowest BCUT2D eigenvalue weighted by Crippen LogP contribution is -2.18. The minimum absolute atomic E-state index is 0.0617. The van der Waals surface area contributed by atoms with E-state index in [0.717, 1.165) is 0 Å². The summed E-state index contributed by atoms with van der Waals surface area (Å²) in [7, 11) is 0. The van der Waals surface area contributed by atoms with Gasteiger partial charge in [-0.2, -0.15) is 5.10 Å². The number of carbonyl (C=O) groups excluding carboxylic acids is 1. The zero-order valence-corrected chi connectivity index (χ0v) is 15.7. The van der Waals surface area contributed by atoms with Crippen LogP contribution in [0.1, 0.15) is 38.2 Å². The maximum Gasteiger partial charge on any atom is 0.575 e. The Morgan fingerprint density at radius 3 is 2.29 bits per heavy atom. The van der Waals surface area contributed by atoms with Crippen molar-refractivity contribution in [2.45, 2.75) is 40.6 Å². The summed E-state index contributed by atoms with van der Waals surface area (Å²) in [6.45, 7) is 8.17. The van der Waals surface area contributed by atoms with Crippen molar-refractivity contribution in [3.63, 3.8) is 0 Å². The molecule has 0 radical (unpaired) electrons. The third-order valence-corrected chi connectivity index (χ3v) is 3.73. The van der Waals surface area contributed by atoms with E-state index >= 15 is 0 Å². The Kier molecular flexibility index (Phi) is 4.82. The van der Waals surface area contributed by atoms with Crippen molar-refractivity contribution in [1.82, 2.24) is 24.7 Å². The molecule has 0 aromatic carbocycles. The molecule has 0 aliphatic rings. The molecule has 3 rings (SSSR count). The standard InChI is InChI=1S/C18H18F3N5O2/c1-10(27)15-12-5-13(11-6-23-16(24-7-11)28-18(19,20)21)22-8-14(12)26(25-15)9-17(2,3)4/h5-8H,9H2,1-4H3. The van der Waals surface area contributed by atoms with E-state index in [1.54, 1.807) is 16.9 Å². The second kappa shape index (κ2) is 6.84. The Bertz CT molecular complexity index is 1020. The molecule has 0 spiro atoms. The first-order valence-electron chi connectivity index (χ1n) is 8.39. The highest BCUT2D eigenvalue weighted by Gasteiger charge is 2.32. The highest BCUT2D eigenvalue weighted by atomic mass is 19.4. The number of carbonyl (C=O) groups is 1. The molecule has 0 aliphatic heterocycles. The van der Waals surface area contributed by atoms with Gasteiger partial charge in [-0.1, -0.05) is 20.8 Å². The van der Waals surface area contributed by atoms with Crippen LogP contribution in [0.3, 0.4) is 0 Å². The Hall–Kier alpha value is -3.04. The van der Waals surface area contributed by atoms with Crippen molar-refractivity contribution in [2.24, 2.45) is 5.41 Å². The van der Waals surface area contributed by atoms with Gasteiger partial charge < -0.3 is 4.74 Å². The monoisotopic (exact) mass is 393 g/mol. The summed E-state index contributed by atoms with van der Waals surface area (Å²) in [5, 5.41) is 5.02. The Labute approximate surface area is 158 Å². The number of ether oxygens (including phenoxy) is 1. The van der Waals surface area contributed by atoms with Gasteiger partial charge in [0.15, 0.2) is 5.78 Å². The molecule has 0 amide bonds. The van der Waals surface area contributed by atoms with Crippen LogP contribution in [-0.2, 0) is 6.54 Å². The molecule has 7 nitrogen and oxygen atoms in total. The Morgan fingerprint density at radius 1 is 1.11 bits per heavy atom. The summed E-state index contributed by atoms with van der Waals surface area (Å²) in [5.74, 6) is -0.194. The normalized spacial score (nSPS) is 12.4. The molecule has 0 saturated heterocycles. The van der Waals surface area contributed by atoms with E-state index in [9.17, 15) is 18.0 Å². The van der Waals surface area contributed by atoms with Gasteiger partial charge in [0.1, 0.15) is 5.69 Å². The minimum atomic E-state index is -4.86. The number of nitrogens with zero attached hydrogens (tertiary/aromatic N) is 5. The average Bonchev–Trinajstić information content (AvgIpc) is 2.90. The van der Waals surface area contributed by atoms with Gasteiger partial charge in [-0.25, -0.2) is 9.97 Å². The molecule has 3 aromatic heterocycles. The molecule has 0 aliphatic carbocycles. The SMILES string of the molecule is CC(=O)c1nn(CC(C)(C)C)c2cnc(-c3cnc(OC(F)(F)F)nc3)cc12. The van der Waals surface area contributed by atoms with Gasteiger partial charge >= 0.3 is 12.4 Å². The molecular formula is C18H18F3N5O2. The Morgan fingerprint density at radius 2 is 1.75 bits per heavy atom. The van der Waals surface area contributed by atoms with Crippen LogP contribution < -0.4 is 4.74 Å². The fourth-order valence-electron chi connectivity index (χ4n) is 2.66. The van der Waals surface area contributed by atoms with Gasteiger partial charge in [0.25, 0.3) is 0 Å². The van der Waals surface area contributed by atoms with Gasteiger partial charge in [-0.05, 0) is 11.5 Å². The van der Waals surface area contributed by atoms with Gasteiger partial charge in [0, 0.05) is 36.8 Å². The first-order chi connectivity index (χ1) is 12.9. The van der Waals surface area contributed by atoms with Crippen molar-refractivity contribution < 1.29 is 22.7 Å². The van der Waals surface area contributed by atoms with Gasteiger partial charge in [-0.3, -0.25) is 14.5 Å². The summed E-state index contributed by atoms with van der Waals surface area (Å²) in [4.78, 5) is 23.5. The lowest BCUT2D eigenvalue weighted by atomic mass is 9.97. The van der Waals surface area contributed by atoms with Crippen molar-refractivity contribution in [3.8, 4) is 17.3 Å². The number of aromatic nitrogens is 5. The molecule has 3 heterocycles. The number of halogens is 3. The fraction of sp³-hybridized carbons (Fsp3) is 0.389. The second-order valence-corrected chi connectivity index (χ2v) is 7.51. The summed E-state index contributed by atoms with van der Waals surface area (Å²) >= 11 is 0. The molecule has 3 aromatic rings. The van der Waals surface area contributed by atoms with Crippen LogP contribution in [0.15, 0.2) is 24.7 Å². The summed E-state index contributed by atoms with van der Waals surface area (Å²) < 4.78 is 42.1. The molecule has 0 atom stereocenters. The number of hydrogen-bond donors (Lipinski definition) is 0. The van der Waals surface area contributed by atoms with E-state index in [0.29, 0.717) is 34.4 Å². The average molecular weight is 393 g/mol. The van der Waals surface area contributed by atoms with Crippen molar-refractivity contribution in [3.05, 3.63) is 30.4 Å². The highest BCUT2D eigenvalue weighted by Crippen LogP contribution is 2.27. The van der Waals surface area contributed by atoms with E-state index in [1.807, 2.05) is 0 Å². The van der Waals surface area contributed by atoms with Crippen LogP contribution in [0.5, 0.6) is 6.01 Å². The number of hydrogen-bond acceptors (Lipinski definition) is 6. The zero-order valence-electron chi connectivity index (χ0n) is 15.7. The molecule has 10 heteroatoms. The molecule has 28 heavy (non-hydrogen) atoms. The topological polar surface area (TPSA) is 82.8 Å². The van der Waals surface area contributed by atoms with Crippen LogP contribution in [0.4, 0.5) is 13.2 Å². The third kappa shape index (κ3) is 4.44. The first-order valence-corrected chi connectivity index (χ1v) is 8.39.